The normalized spacial score (nSPS) is 12.9. The van der Waals surface area contributed by atoms with Gasteiger partial charge in [0.25, 0.3) is 0 Å². The SMILES string of the molecule is CCCNc1ccc(C(F)(F)F)cc1NC(=O)C(C)CN. The number of rotatable bonds is 6. The van der Waals surface area contributed by atoms with Gasteiger partial charge >= 0.3 is 6.18 Å². The number of anilines is 2. The van der Waals surface area contributed by atoms with Crippen LogP contribution in [0.5, 0.6) is 0 Å². The summed E-state index contributed by atoms with van der Waals surface area (Å²) in [5.41, 5.74) is 5.16. The standard InChI is InChI=1S/C14H20F3N3O/c1-3-6-19-11-5-4-10(14(15,16)17)7-12(11)20-13(21)9(2)8-18/h4-5,7,9,19H,3,6,8,18H2,1-2H3,(H,20,21). The second kappa shape index (κ2) is 7.31. The molecule has 0 fully saturated rings. The highest BCUT2D eigenvalue weighted by Crippen LogP contribution is 2.34. The van der Waals surface area contributed by atoms with Crippen LogP contribution < -0.4 is 16.4 Å². The van der Waals surface area contributed by atoms with Gasteiger partial charge in [-0.2, -0.15) is 13.2 Å². The van der Waals surface area contributed by atoms with Crippen molar-refractivity contribution in [1.29, 1.82) is 0 Å². The third-order valence-electron chi connectivity index (χ3n) is 2.97. The van der Waals surface area contributed by atoms with E-state index in [2.05, 4.69) is 10.6 Å². The second-order valence-electron chi connectivity index (χ2n) is 4.81. The molecule has 1 atom stereocenters. The lowest BCUT2D eigenvalue weighted by Crippen LogP contribution is -2.27. The van der Waals surface area contributed by atoms with E-state index in [1.807, 2.05) is 6.92 Å². The van der Waals surface area contributed by atoms with E-state index in [4.69, 9.17) is 5.73 Å². The molecular weight excluding hydrogens is 283 g/mol. The number of nitrogens with two attached hydrogens (primary N) is 1. The Labute approximate surface area is 121 Å². The summed E-state index contributed by atoms with van der Waals surface area (Å²) < 4.78 is 38.3. The Balaban J connectivity index is 3.07. The molecule has 0 bridgehead atoms. The van der Waals surface area contributed by atoms with Crippen LogP contribution in [0.1, 0.15) is 25.8 Å². The van der Waals surface area contributed by atoms with E-state index < -0.39 is 23.6 Å². The zero-order valence-corrected chi connectivity index (χ0v) is 12.1. The summed E-state index contributed by atoms with van der Waals surface area (Å²) in [7, 11) is 0. The Morgan fingerprint density at radius 2 is 2.00 bits per heavy atom. The summed E-state index contributed by atoms with van der Waals surface area (Å²) in [6, 6.07) is 3.24. The number of alkyl halides is 3. The first kappa shape index (κ1) is 17.3. The molecule has 7 heteroatoms. The average Bonchev–Trinajstić information content (AvgIpc) is 2.43. The van der Waals surface area contributed by atoms with E-state index in [1.165, 1.54) is 6.07 Å². The molecule has 1 amide bonds. The van der Waals surface area contributed by atoms with Gasteiger partial charge in [0.15, 0.2) is 0 Å². The maximum Gasteiger partial charge on any atom is 0.416 e. The summed E-state index contributed by atoms with van der Waals surface area (Å²) in [5.74, 6) is -0.880. The van der Waals surface area contributed by atoms with Crippen molar-refractivity contribution >= 4 is 17.3 Å². The molecule has 0 aliphatic carbocycles. The molecule has 0 heterocycles. The van der Waals surface area contributed by atoms with Gasteiger partial charge in [0.2, 0.25) is 5.91 Å². The van der Waals surface area contributed by atoms with Gasteiger partial charge in [-0.15, -0.1) is 0 Å². The monoisotopic (exact) mass is 303 g/mol. The van der Waals surface area contributed by atoms with Crippen LogP contribution in [0.4, 0.5) is 24.5 Å². The van der Waals surface area contributed by atoms with E-state index >= 15 is 0 Å². The maximum atomic E-state index is 12.8. The predicted molar refractivity (Wildman–Crippen MR) is 77.1 cm³/mol. The Hall–Kier alpha value is -1.76. The molecule has 1 aromatic rings. The molecule has 4 N–H and O–H groups in total. The number of hydrogen-bond donors (Lipinski definition) is 3. The van der Waals surface area contributed by atoms with Gasteiger partial charge in [-0.3, -0.25) is 4.79 Å². The minimum atomic E-state index is -4.46. The van der Waals surface area contributed by atoms with Crippen molar-refractivity contribution in [3.05, 3.63) is 23.8 Å². The van der Waals surface area contributed by atoms with Crippen LogP contribution in [0.15, 0.2) is 18.2 Å². The third-order valence-corrected chi connectivity index (χ3v) is 2.97. The Morgan fingerprint density at radius 1 is 1.33 bits per heavy atom. The Morgan fingerprint density at radius 3 is 2.52 bits per heavy atom. The molecule has 0 aromatic heterocycles. The maximum absolute atomic E-state index is 12.8. The Bertz CT molecular complexity index is 489. The molecule has 118 valence electrons. The number of carbonyl (C=O) groups is 1. The average molecular weight is 303 g/mol. The van der Waals surface area contributed by atoms with Gasteiger partial charge in [0.1, 0.15) is 0 Å². The first-order valence-corrected chi connectivity index (χ1v) is 6.75. The van der Waals surface area contributed by atoms with Gasteiger partial charge in [-0.1, -0.05) is 13.8 Å². The summed E-state index contributed by atoms with van der Waals surface area (Å²) in [6.45, 7) is 4.27. The van der Waals surface area contributed by atoms with Crippen molar-refractivity contribution < 1.29 is 18.0 Å². The first-order valence-electron chi connectivity index (χ1n) is 6.75. The summed E-state index contributed by atoms with van der Waals surface area (Å²) in [6.07, 6.45) is -3.64. The van der Waals surface area contributed by atoms with E-state index in [0.29, 0.717) is 12.2 Å². The number of nitrogens with one attached hydrogen (secondary N) is 2. The molecular formula is C14H20F3N3O. The number of hydrogen-bond acceptors (Lipinski definition) is 3. The topological polar surface area (TPSA) is 67.1 Å². The van der Waals surface area contributed by atoms with Gasteiger partial charge in [0.05, 0.1) is 16.9 Å². The highest BCUT2D eigenvalue weighted by molar-refractivity contribution is 5.95. The molecule has 0 aliphatic rings. The van der Waals surface area contributed by atoms with Crippen LogP contribution in [-0.2, 0) is 11.0 Å². The van der Waals surface area contributed by atoms with Crippen molar-refractivity contribution in [2.75, 3.05) is 23.7 Å². The van der Waals surface area contributed by atoms with E-state index in [1.54, 1.807) is 6.92 Å². The summed E-state index contributed by atoms with van der Waals surface area (Å²) in [5, 5.41) is 5.49. The van der Waals surface area contributed by atoms with E-state index in [9.17, 15) is 18.0 Å². The zero-order chi connectivity index (χ0) is 16.0. The van der Waals surface area contributed by atoms with E-state index in [0.717, 1.165) is 18.6 Å². The third kappa shape index (κ3) is 4.93. The summed E-state index contributed by atoms with van der Waals surface area (Å²) >= 11 is 0. The quantitative estimate of drug-likeness (QED) is 0.756. The fourth-order valence-electron chi connectivity index (χ4n) is 1.60. The number of halogens is 3. The largest absolute Gasteiger partial charge is 0.416 e. The summed E-state index contributed by atoms with van der Waals surface area (Å²) in [4.78, 5) is 11.8. The van der Waals surface area contributed by atoms with Crippen molar-refractivity contribution in [1.82, 2.24) is 0 Å². The Kier molecular flexibility index (Phi) is 6.02. The smallest absolute Gasteiger partial charge is 0.383 e. The lowest BCUT2D eigenvalue weighted by molar-refractivity contribution is -0.137. The van der Waals surface area contributed by atoms with Crippen molar-refractivity contribution in [3.8, 4) is 0 Å². The number of benzene rings is 1. The molecule has 1 unspecified atom stereocenters. The molecule has 4 nitrogen and oxygen atoms in total. The number of amides is 1. The molecule has 1 aromatic carbocycles. The fraction of sp³-hybridized carbons (Fsp3) is 0.500. The van der Waals surface area contributed by atoms with Gasteiger partial charge in [-0.25, -0.2) is 0 Å². The van der Waals surface area contributed by atoms with Crippen LogP contribution in [0, 0.1) is 5.92 Å². The van der Waals surface area contributed by atoms with Gasteiger partial charge < -0.3 is 16.4 Å². The van der Waals surface area contributed by atoms with Crippen LogP contribution in [-0.4, -0.2) is 19.0 Å². The first-order chi connectivity index (χ1) is 9.79. The lowest BCUT2D eigenvalue weighted by atomic mass is 10.1. The lowest BCUT2D eigenvalue weighted by Gasteiger charge is -2.17. The van der Waals surface area contributed by atoms with Crippen molar-refractivity contribution in [2.45, 2.75) is 26.4 Å². The molecule has 0 saturated heterocycles. The predicted octanol–water partition coefficient (Wildman–Crippen LogP) is 3.06. The van der Waals surface area contributed by atoms with Gasteiger partial charge in [0, 0.05) is 19.0 Å². The van der Waals surface area contributed by atoms with Gasteiger partial charge in [-0.05, 0) is 24.6 Å². The molecule has 0 saturated carbocycles. The van der Waals surface area contributed by atoms with Crippen molar-refractivity contribution in [2.24, 2.45) is 11.7 Å². The van der Waals surface area contributed by atoms with Crippen LogP contribution >= 0.6 is 0 Å². The molecule has 1 rings (SSSR count). The fourth-order valence-corrected chi connectivity index (χ4v) is 1.60. The van der Waals surface area contributed by atoms with Crippen LogP contribution in [0.2, 0.25) is 0 Å². The molecule has 0 spiro atoms. The highest BCUT2D eigenvalue weighted by Gasteiger charge is 2.31. The van der Waals surface area contributed by atoms with Crippen LogP contribution in [0.3, 0.4) is 0 Å². The number of carbonyl (C=O) groups excluding carboxylic acids is 1. The minimum absolute atomic E-state index is 0.114. The molecule has 0 aliphatic heterocycles. The second-order valence-corrected chi connectivity index (χ2v) is 4.81. The van der Waals surface area contributed by atoms with E-state index in [-0.39, 0.29) is 12.2 Å². The molecule has 0 radical (unpaired) electrons. The highest BCUT2D eigenvalue weighted by atomic mass is 19.4. The minimum Gasteiger partial charge on any atom is -0.383 e. The molecule has 21 heavy (non-hydrogen) atoms. The zero-order valence-electron chi connectivity index (χ0n) is 12.1. The van der Waals surface area contributed by atoms with Crippen molar-refractivity contribution in [3.63, 3.8) is 0 Å². The van der Waals surface area contributed by atoms with Crippen LogP contribution in [0.25, 0.3) is 0 Å².